The normalized spacial score (nSPS) is 14.7. The van der Waals surface area contributed by atoms with E-state index in [1.54, 1.807) is 0 Å². The van der Waals surface area contributed by atoms with Crippen LogP contribution in [0.4, 0.5) is 5.69 Å². The summed E-state index contributed by atoms with van der Waals surface area (Å²) in [6, 6.07) is 4.43. The average molecular weight is 331 g/mol. The zero-order valence-electron chi connectivity index (χ0n) is 14.1. The monoisotopic (exact) mass is 330 g/mol. The summed E-state index contributed by atoms with van der Waals surface area (Å²) >= 11 is 3.70. The molecule has 0 saturated carbocycles. The molecule has 0 fully saturated rings. The fraction of sp³-hybridized carbons (Fsp3) is 0.444. The van der Waals surface area contributed by atoms with E-state index in [-0.39, 0.29) is 10.8 Å². The Morgan fingerprint density at radius 1 is 0.818 bits per heavy atom. The molecule has 1 aliphatic heterocycles. The number of thiophene rings is 2. The third kappa shape index (κ3) is 2.59. The van der Waals surface area contributed by atoms with E-state index in [0.717, 1.165) is 16.9 Å². The highest BCUT2D eigenvalue weighted by Gasteiger charge is 2.27. The molecule has 0 N–H and O–H groups in total. The molecular weight excluding hydrogens is 308 g/mol. The second kappa shape index (κ2) is 4.87. The number of nitrogens with zero attached hydrogens (tertiary/aromatic N) is 2. The highest BCUT2D eigenvalue weighted by molar-refractivity contribution is 7.23. The maximum absolute atomic E-state index is 4.42. The molecular formula is C18H22N2S2. The van der Waals surface area contributed by atoms with E-state index >= 15 is 0 Å². The second-order valence-corrected chi connectivity index (χ2v) is 9.93. The molecule has 2 aromatic heterocycles. The minimum atomic E-state index is 0.133. The molecule has 0 aliphatic carbocycles. The van der Waals surface area contributed by atoms with Gasteiger partial charge in [0.2, 0.25) is 0 Å². The molecule has 0 unspecified atom stereocenters. The maximum atomic E-state index is 4.42. The lowest BCUT2D eigenvalue weighted by molar-refractivity contribution is 0.603. The average Bonchev–Trinajstić information content (AvgIpc) is 2.96. The first-order valence-electron chi connectivity index (χ1n) is 7.47. The molecule has 3 rings (SSSR count). The van der Waals surface area contributed by atoms with Gasteiger partial charge in [0, 0.05) is 15.3 Å². The first kappa shape index (κ1) is 15.6. The summed E-state index contributed by atoms with van der Waals surface area (Å²) in [5.74, 6) is 0. The van der Waals surface area contributed by atoms with Gasteiger partial charge in [-0.1, -0.05) is 48.1 Å². The number of rotatable bonds is 0. The number of hydrogen-bond donors (Lipinski definition) is 0. The Balaban J connectivity index is 2.24. The summed E-state index contributed by atoms with van der Waals surface area (Å²) in [4.78, 5) is 5.23. The number of azo groups is 1. The molecule has 0 atom stereocenters. The molecule has 3 heterocycles. The van der Waals surface area contributed by atoms with E-state index in [2.05, 4.69) is 70.5 Å². The van der Waals surface area contributed by atoms with Crippen molar-refractivity contribution in [1.82, 2.24) is 0 Å². The van der Waals surface area contributed by atoms with E-state index in [1.165, 1.54) is 19.5 Å². The molecule has 0 aromatic carbocycles. The molecule has 0 saturated heterocycles. The maximum Gasteiger partial charge on any atom is 0.105 e. The van der Waals surface area contributed by atoms with Crippen LogP contribution in [-0.4, -0.2) is 0 Å². The Bertz CT molecular complexity index is 777. The van der Waals surface area contributed by atoms with Gasteiger partial charge in [0.15, 0.2) is 0 Å². The second-order valence-electron chi connectivity index (χ2n) is 7.83. The lowest BCUT2D eigenvalue weighted by Crippen LogP contribution is -2.07. The molecule has 2 nitrogen and oxygen atoms in total. The molecule has 1 aliphatic rings. The van der Waals surface area contributed by atoms with Crippen molar-refractivity contribution in [3.63, 3.8) is 0 Å². The van der Waals surface area contributed by atoms with Gasteiger partial charge >= 0.3 is 0 Å². The Labute approximate surface area is 140 Å². The summed E-state index contributed by atoms with van der Waals surface area (Å²) in [7, 11) is 0. The Morgan fingerprint density at radius 3 is 1.95 bits per heavy atom. The van der Waals surface area contributed by atoms with Gasteiger partial charge in [0.05, 0.1) is 15.5 Å². The van der Waals surface area contributed by atoms with Crippen LogP contribution in [0, 0.1) is 0 Å². The number of fused-ring (bicyclic) bond motifs is 3. The standard InChI is InChI=1S/C18H22N2S2/c1-10-11-8-13(17(2,3)4)21-15(11)16-12(20-19-10)9-14(22-16)18(5,6)7/h8-9H,1H2,2-7H3. The largest absolute Gasteiger partial charge is 0.150 e. The summed E-state index contributed by atoms with van der Waals surface area (Å²) in [6.45, 7) is 17.6. The minimum Gasteiger partial charge on any atom is -0.150 e. The van der Waals surface area contributed by atoms with Crippen molar-refractivity contribution in [3.8, 4) is 9.75 Å². The van der Waals surface area contributed by atoms with Crippen LogP contribution in [0.1, 0.15) is 56.9 Å². The molecule has 0 radical (unpaired) electrons. The van der Waals surface area contributed by atoms with Crippen LogP contribution in [0.15, 0.2) is 28.9 Å². The van der Waals surface area contributed by atoms with Crippen LogP contribution < -0.4 is 0 Å². The van der Waals surface area contributed by atoms with Gasteiger partial charge in [-0.25, -0.2) is 0 Å². The van der Waals surface area contributed by atoms with Crippen LogP contribution in [0.25, 0.3) is 15.5 Å². The summed E-state index contributed by atoms with van der Waals surface area (Å²) in [6.07, 6.45) is 0. The first-order valence-corrected chi connectivity index (χ1v) is 9.10. The van der Waals surface area contributed by atoms with E-state index < -0.39 is 0 Å². The molecule has 0 bridgehead atoms. The van der Waals surface area contributed by atoms with Crippen molar-refractivity contribution < 1.29 is 0 Å². The van der Waals surface area contributed by atoms with Gasteiger partial charge < -0.3 is 0 Å². The highest BCUT2D eigenvalue weighted by atomic mass is 32.1. The summed E-state index contributed by atoms with van der Waals surface area (Å²) < 4.78 is 0. The Hall–Kier alpha value is -1.26. The van der Waals surface area contributed by atoms with Gasteiger partial charge in [-0.2, -0.15) is 5.11 Å². The van der Waals surface area contributed by atoms with Crippen LogP contribution in [-0.2, 0) is 10.8 Å². The van der Waals surface area contributed by atoms with Crippen molar-refractivity contribution in [1.29, 1.82) is 0 Å². The predicted molar refractivity (Wildman–Crippen MR) is 98.6 cm³/mol. The van der Waals surface area contributed by atoms with Crippen LogP contribution >= 0.6 is 22.7 Å². The fourth-order valence-corrected chi connectivity index (χ4v) is 4.84. The summed E-state index contributed by atoms with van der Waals surface area (Å²) in [5.41, 5.74) is 3.16. The van der Waals surface area contributed by atoms with Crippen molar-refractivity contribution >= 4 is 34.1 Å². The topological polar surface area (TPSA) is 24.7 Å². The molecule has 0 spiro atoms. The van der Waals surface area contributed by atoms with Crippen molar-refractivity contribution in [2.75, 3.05) is 0 Å². The van der Waals surface area contributed by atoms with Crippen LogP contribution in [0.5, 0.6) is 0 Å². The predicted octanol–water partition coefficient (Wildman–Crippen LogP) is 7.14. The van der Waals surface area contributed by atoms with Gasteiger partial charge in [-0.05, 0) is 23.0 Å². The van der Waals surface area contributed by atoms with Crippen LogP contribution in [0.2, 0.25) is 0 Å². The lowest BCUT2D eigenvalue weighted by Gasteiger charge is -2.15. The Morgan fingerprint density at radius 2 is 1.36 bits per heavy atom. The van der Waals surface area contributed by atoms with Gasteiger partial charge in [0.1, 0.15) is 5.69 Å². The molecule has 116 valence electrons. The highest BCUT2D eigenvalue weighted by Crippen LogP contribution is 2.51. The molecule has 0 amide bonds. The molecule has 2 aromatic rings. The van der Waals surface area contributed by atoms with Crippen molar-refractivity contribution in [2.45, 2.75) is 52.4 Å². The minimum absolute atomic E-state index is 0.133. The summed E-state index contributed by atoms with van der Waals surface area (Å²) in [5, 5.41) is 8.76. The Kier molecular flexibility index (Phi) is 3.46. The van der Waals surface area contributed by atoms with Crippen molar-refractivity contribution in [3.05, 3.63) is 34.0 Å². The van der Waals surface area contributed by atoms with E-state index in [0.29, 0.717) is 0 Å². The third-order valence-corrected chi connectivity index (χ3v) is 6.99. The van der Waals surface area contributed by atoms with Crippen LogP contribution in [0.3, 0.4) is 0 Å². The van der Waals surface area contributed by atoms with Gasteiger partial charge in [-0.15, -0.1) is 27.8 Å². The SMILES string of the molecule is C=C1N=Nc2cc(C(C)(C)C)sc2-c2sc(C(C)(C)C)cc21. The fourth-order valence-electron chi connectivity index (χ4n) is 2.30. The lowest BCUT2D eigenvalue weighted by atomic mass is 9.94. The quantitative estimate of drug-likeness (QED) is 0.490. The van der Waals surface area contributed by atoms with Gasteiger partial charge in [-0.3, -0.25) is 0 Å². The zero-order chi connectivity index (χ0) is 16.3. The smallest absolute Gasteiger partial charge is 0.105 e. The van der Waals surface area contributed by atoms with Gasteiger partial charge in [0.25, 0.3) is 0 Å². The van der Waals surface area contributed by atoms with Crippen molar-refractivity contribution in [2.24, 2.45) is 10.2 Å². The van der Waals surface area contributed by atoms with E-state index in [4.69, 9.17) is 0 Å². The molecule has 4 heteroatoms. The third-order valence-electron chi connectivity index (χ3n) is 3.72. The van der Waals surface area contributed by atoms with E-state index in [1.807, 2.05) is 22.7 Å². The number of hydrogen-bond acceptors (Lipinski definition) is 4. The molecule has 22 heavy (non-hydrogen) atoms. The zero-order valence-corrected chi connectivity index (χ0v) is 15.7. The first-order chi connectivity index (χ1) is 10.1. The van der Waals surface area contributed by atoms with E-state index in [9.17, 15) is 0 Å².